The van der Waals surface area contributed by atoms with Crippen LogP contribution in [0, 0.1) is 0 Å². The number of nitrogens with one attached hydrogen (secondary N) is 2. The molecule has 74 valence electrons. The molecule has 1 heterocycles. The second kappa shape index (κ2) is 4.15. The van der Waals surface area contributed by atoms with E-state index in [2.05, 4.69) is 57.4 Å². The van der Waals surface area contributed by atoms with Crippen LogP contribution in [0.4, 0.5) is 0 Å². The lowest BCUT2D eigenvalue weighted by Crippen LogP contribution is -2.11. The number of hydrogen-bond acceptors (Lipinski definition) is 1. The highest BCUT2D eigenvalue weighted by Gasteiger charge is 1.99. The summed E-state index contributed by atoms with van der Waals surface area (Å²) >= 11 is 3.46. The predicted molar refractivity (Wildman–Crippen MR) is 63.4 cm³/mol. The van der Waals surface area contributed by atoms with Crippen LogP contribution in [0.3, 0.4) is 0 Å². The topological polar surface area (TPSA) is 27.8 Å². The quantitative estimate of drug-likeness (QED) is 0.864. The minimum absolute atomic E-state index is 0.906. The van der Waals surface area contributed by atoms with Crippen molar-refractivity contribution >= 4 is 26.8 Å². The average Bonchev–Trinajstić information content (AvgIpc) is 2.56. The van der Waals surface area contributed by atoms with Crippen LogP contribution < -0.4 is 5.32 Å². The van der Waals surface area contributed by atoms with E-state index in [1.807, 2.05) is 0 Å². The molecule has 2 N–H and O–H groups in total. The summed E-state index contributed by atoms with van der Waals surface area (Å²) in [6, 6.07) is 8.45. The first-order valence-corrected chi connectivity index (χ1v) is 5.57. The summed E-state index contributed by atoms with van der Waals surface area (Å²) in [6.45, 7) is 4.01. The molecule has 0 atom stereocenters. The highest BCUT2D eigenvalue weighted by molar-refractivity contribution is 9.10. The van der Waals surface area contributed by atoms with Gasteiger partial charge in [0.15, 0.2) is 0 Å². The van der Waals surface area contributed by atoms with Crippen molar-refractivity contribution in [2.24, 2.45) is 0 Å². The number of aromatic nitrogens is 1. The van der Waals surface area contributed by atoms with Gasteiger partial charge >= 0.3 is 0 Å². The van der Waals surface area contributed by atoms with Crippen LogP contribution >= 0.6 is 15.9 Å². The number of fused-ring (bicyclic) bond motifs is 1. The number of halogens is 1. The van der Waals surface area contributed by atoms with Crippen molar-refractivity contribution in [1.82, 2.24) is 10.3 Å². The average molecular weight is 253 g/mol. The highest BCUT2D eigenvalue weighted by Crippen LogP contribution is 2.20. The van der Waals surface area contributed by atoms with Crippen LogP contribution in [0.2, 0.25) is 0 Å². The molecule has 0 saturated heterocycles. The molecule has 2 rings (SSSR count). The van der Waals surface area contributed by atoms with Gasteiger partial charge in [-0.1, -0.05) is 22.9 Å². The molecule has 2 nitrogen and oxygen atoms in total. The molecule has 0 bridgehead atoms. The van der Waals surface area contributed by atoms with E-state index in [1.165, 1.54) is 16.6 Å². The molecule has 0 amide bonds. The zero-order valence-corrected chi connectivity index (χ0v) is 9.69. The molecule has 0 spiro atoms. The Morgan fingerprint density at radius 1 is 1.36 bits per heavy atom. The van der Waals surface area contributed by atoms with Crippen LogP contribution in [0.25, 0.3) is 10.9 Å². The summed E-state index contributed by atoms with van der Waals surface area (Å²) in [7, 11) is 0. The molecule has 0 saturated carbocycles. The first-order valence-electron chi connectivity index (χ1n) is 4.77. The van der Waals surface area contributed by atoms with Gasteiger partial charge in [-0.3, -0.25) is 0 Å². The van der Waals surface area contributed by atoms with E-state index in [0.29, 0.717) is 0 Å². The van der Waals surface area contributed by atoms with Crippen molar-refractivity contribution in [2.75, 3.05) is 6.54 Å². The first kappa shape index (κ1) is 9.74. The van der Waals surface area contributed by atoms with Crippen molar-refractivity contribution in [1.29, 1.82) is 0 Å². The Morgan fingerprint density at radius 3 is 3.00 bits per heavy atom. The number of rotatable bonds is 3. The summed E-state index contributed by atoms with van der Waals surface area (Å²) < 4.78 is 1.12. The van der Waals surface area contributed by atoms with Crippen molar-refractivity contribution < 1.29 is 0 Å². The predicted octanol–water partition coefficient (Wildman–Crippen LogP) is 3.04. The summed E-state index contributed by atoms with van der Waals surface area (Å²) in [5.41, 5.74) is 2.43. The Morgan fingerprint density at radius 2 is 2.21 bits per heavy atom. The van der Waals surface area contributed by atoms with E-state index in [0.717, 1.165) is 17.6 Å². The fourth-order valence-corrected chi connectivity index (χ4v) is 1.90. The van der Waals surface area contributed by atoms with Gasteiger partial charge in [0, 0.05) is 27.6 Å². The van der Waals surface area contributed by atoms with Gasteiger partial charge in [-0.15, -0.1) is 0 Å². The molecule has 0 radical (unpaired) electrons. The van der Waals surface area contributed by atoms with Gasteiger partial charge in [0.1, 0.15) is 0 Å². The summed E-state index contributed by atoms with van der Waals surface area (Å²) in [4.78, 5) is 3.37. The second-order valence-electron chi connectivity index (χ2n) is 3.31. The molecular weight excluding hydrogens is 240 g/mol. The van der Waals surface area contributed by atoms with E-state index in [4.69, 9.17) is 0 Å². The van der Waals surface area contributed by atoms with Crippen molar-refractivity contribution in [3.8, 4) is 0 Å². The Hall–Kier alpha value is -0.800. The number of benzene rings is 1. The van der Waals surface area contributed by atoms with Gasteiger partial charge in [-0.2, -0.15) is 0 Å². The third kappa shape index (κ3) is 1.99. The number of aromatic amines is 1. The molecule has 1 aromatic carbocycles. The third-order valence-corrected chi connectivity index (χ3v) is 2.70. The summed E-state index contributed by atoms with van der Waals surface area (Å²) in [6.07, 6.45) is 0. The first-order chi connectivity index (χ1) is 6.79. The largest absolute Gasteiger partial charge is 0.357 e. The minimum atomic E-state index is 0.906. The molecule has 0 aliphatic rings. The van der Waals surface area contributed by atoms with Crippen LogP contribution in [0.5, 0.6) is 0 Å². The van der Waals surface area contributed by atoms with E-state index < -0.39 is 0 Å². The second-order valence-corrected chi connectivity index (χ2v) is 4.22. The molecule has 0 aliphatic carbocycles. The van der Waals surface area contributed by atoms with Gasteiger partial charge in [-0.25, -0.2) is 0 Å². The SMILES string of the molecule is CCNCc1cc2cc(Br)ccc2[nH]1. The molecule has 1 aromatic heterocycles. The van der Waals surface area contributed by atoms with Gasteiger partial charge in [0.25, 0.3) is 0 Å². The normalized spacial score (nSPS) is 11.0. The zero-order valence-electron chi connectivity index (χ0n) is 8.10. The third-order valence-electron chi connectivity index (χ3n) is 2.20. The Kier molecular flexibility index (Phi) is 2.89. The lowest BCUT2D eigenvalue weighted by atomic mass is 10.2. The van der Waals surface area contributed by atoms with Gasteiger partial charge in [-0.05, 0) is 30.8 Å². The van der Waals surface area contributed by atoms with E-state index in [9.17, 15) is 0 Å². The van der Waals surface area contributed by atoms with Gasteiger partial charge in [0.05, 0.1) is 0 Å². The van der Waals surface area contributed by atoms with E-state index >= 15 is 0 Å². The van der Waals surface area contributed by atoms with Crippen molar-refractivity contribution in [3.05, 3.63) is 34.4 Å². The van der Waals surface area contributed by atoms with Crippen LogP contribution in [-0.4, -0.2) is 11.5 Å². The molecule has 0 aliphatic heterocycles. The maximum atomic E-state index is 3.46. The molecular formula is C11H13BrN2. The molecule has 0 fully saturated rings. The Labute approximate surface area is 91.8 Å². The smallest absolute Gasteiger partial charge is 0.0457 e. The van der Waals surface area contributed by atoms with Crippen LogP contribution in [-0.2, 0) is 6.54 Å². The maximum absolute atomic E-state index is 3.46. The summed E-state index contributed by atoms with van der Waals surface area (Å²) in [5, 5.41) is 4.55. The standard InChI is InChI=1S/C11H13BrN2/c1-2-13-7-10-6-8-5-9(12)3-4-11(8)14-10/h3-6,13-14H,2,7H2,1H3. The molecule has 0 unspecified atom stereocenters. The van der Waals surface area contributed by atoms with Gasteiger partial charge < -0.3 is 10.3 Å². The van der Waals surface area contributed by atoms with Crippen molar-refractivity contribution in [2.45, 2.75) is 13.5 Å². The number of H-pyrrole nitrogens is 1. The zero-order chi connectivity index (χ0) is 9.97. The fourth-order valence-electron chi connectivity index (χ4n) is 1.52. The molecule has 3 heteroatoms. The number of hydrogen-bond donors (Lipinski definition) is 2. The lowest BCUT2D eigenvalue weighted by molar-refractivity contribution is 0.715. The maximum Gasteiger partial charge on any atom is 0.0457 e. The van der Waals surface area contributed by atoms with Crippen molar-refractivity contribution in [3.63, 3.8) is 0 Å². The van der Waals surface area contributed by atoms with Crippen LogP contribution in [0.1, 0.15) is 12.6 Å². The Balaban J connectivity index is 2.32. The molecule has 14 heavy (non-hydrogen) atoms. The Bertz CT molecular complexity index is 434. The lowest BCUT2D eigenvalue weighted by Gasteiger charge is -1.96. The van der Waals surface area contributed by atoms with E-state index in [-0.39, 0.29) is 0 Å². The van der Waals surface area contributed by atoms with E-state index in [1.54, 1.807) is 0 Å². The van der Waals surface area contributed by atoms with Crippen LogP contribution in [0.15, 0.2) is 28.7 Å². The summed E-state index contributed by atoms with van der Waals surface area (Å²) in [5.74, 6) is 0. The molecule has 2 aromatic rings. The monoisotopic (exact) mass is 252 g/mol. The van der Waals surface area contributed by atoms with Gasteiger partial charge in [0.2, 0.25) is 0 Å². The minimum Gasteiger partial charge on any atom is -0.357 e. The highest BCUT2D eigenvalue weighted by atomic mass is 79.9. The fraction of sp³-hybridized carbons (Fsp3) is 0.273.